The van der Waals surface area contributed by atoms with E-state index in [9.17, 15) is 13.2 Å². The molecule has 1 aliphatic heterocycles. The third kappa shape index (κ3) is 3.05. The summed E-state index contributed by atoms with van der Waals surface area (Å²) in [5.74, 6) is -0.616. The van der Waals surface area contributed by atoms with Crippen LogP contribution in [0, 0.1) is 5.92 Å². The average Bonchev–Trinajstić information content (AvgIpc) is 2.70. The molecule has 1 fully saturated rings. The van der Waals surface area contributed by atoms with Gasteiger partial charge in [-0.05, 0) is 19.1 Å². The molecular formula is C12H17F3N2O. The summed E-state index contributed by atoms with van der Waals surface area (Å²) in [5.41, 5.74) is 0. The van der Waals surface area contributed by atoms with Crippen LogP contribution in [-0.2, 0) is 0 Å². The van der Waals surface area contributed by atoms with Crippen LogP contribution in [0.25, 0.3) is 0 Å². The molecule has 0 radical (unpaired) electrons. The first kappa shape index (κ1) is 13.4. The van der Waals surface area contributed by atoms with Crippen molar-refractivity contribution >= 4 is 0 Å². The number of nitrogens with zero attached hydrogens (tertiary/aromatic N) is 1. The normalized spacial score (nSPS) is 24.8. The molecule has 0 spiro atoms. The SMILES string of the molecule is CC(c1ccco1)N1CCNCC(C(F)(F)F)C1. The molecule has 2 unspecified atom stereocenters. The van der Waals surface area contributed by atoms with Gasteiger partial charge < -0.3 is 9.73 Å². The Morgan fingerprint density at radius 2 is 2.28 bits per heavy atom. The van der Waals surface area contributed by atoms with Crippen molar-refractivity contribution in [1.29, 1.82) is 0 Å². The van der Waals surface area contributed by atoms with Crippen LogP contribution < -0.4 is 5.32 Å². The molecule has 0 aromatic carbocycles. The second kappa shape index (κ2) is 5.32. The Hall–Kier alpha value is -1.01. The number of alkyl halides is 3. The lowest BCUT2D eigenvalue weighted by Gasteiger charge is -2.29. The maximum atomic E-state index is 12.8. The van der Waals surface area contributed by atoms with Crippen LogP contribution in [0.1, 0.15) is 18.7 Å². The van der Waals surface area contributed by atoms with Gasteiger partial charge in [0, 0.05) is 26.2 Å². The molecule has 1 aromatic rings. The van der Waals surface area contributed by atoms with Gasteiger partial charge in [0.05, 0.1) is 18.2 Å². The van der Waals surface area contributed by atoms with Crippen molar-refractivity contribution in [2.75, 3.05) is 26.2 Å². The first-order valence-electron chi connectivity index (χ1n) is 6.03. The average molecular weight is 262 g/mol. The van der Waals surface area contributed by atoms with Crippen LogP contribution in [0.2, 0.25) is 0 Å². The van der Waals surface area contributed by atoms with Gasteiger partial charge in [0.15, 0.2) is 0 Å². The molecule has 102 valence electrons. The zero-order chi connectivity index (χ0) is 13.2. The molecule has 6 heteroatoms. The van der Waals surface area contributed by atoms with Crippen LogP contribution in [0.5, 0.6) is 0 Å². The minimum atomic E-state index is -4.15. The third-order valence-electron chi connectivity index (χ3n) is 3.39. The second-order valence-corrected chi connectivity index (χ2v) is 4.63. The molecule has 1 saturated heterocycles. The molecule has 1 aliphatic rings. The zero-order valence-electron chi connectivity index (χ0n) is 10.2. The lowest BCUT2D eigenvalue weighted by Crippen LogP contribution is -2.39. The van der Waals surface area contributed by atoms with E-state index in [0.29, 0.717) is 18.8 Å². The van der Waals surface area contributed by atoms with Gasteiger partial charge in [0.25, 0.3) is 0 Å². The summed E-state index contributed by atoms with van der Waals surface area (Å²) in [4.78, 5) is 1.82. The van der Waals surface area contributed by atoms with Gasteiger partial charge in [-0.25, -0.2) is 0 Å². The monoisotopic (exact) mass is 262 g/mol. The van der Waals surface area contributed by atoms with Gasteiger partial charge in [-0.3, -0.25) is 4.90 Å². The van der Waals surface area contributed by atoms with E-state index in [2.05, 4.69) is 5.32 Å². The number of halogens is 3. The summed E-state index contributed by atoms with van der Waals surface area (Å²) < 4.78 is 43.7. The van der Waals surface area contributed by atoms with Crippen molar-refractivity contribution < 1.29 is 17.6 Å². The molecule has 18 heavy (non-hydrogen) atoms. The molecule has 1 N–H and O–H groups in total. The molecule has 2 heterocycles. The predicted molar refractivity (Wildman–Crippen MR) is 61.1 cm³/mol. The maximum Gasteiger partial charge on any atom is 0.394 e. The van der Waals surface area contributed by atoms with E-state index < -0.39 is 12.1 Å². The van der Waals surface area contributed by atoms with Crippen LogP contribution in [0.3, 0.4) is 0 Å². The van der Waals surface area contributed by atoms with E-state index in [0.717, 1.165) is 0 Å². The summed E-state index contributed by atoms with van der Waals surface area (Å²) >= 11 is 0. The van der Waals surface area contributed by atoms with Crippen LogP contribution in [-0.4, -0.2) is 37.3 Å². The van der Waals surface area contributed by atoms with E-state index >= 15 is 0 Å². The first-order chi connectivity index (χ1) is 8.48. The van der Waals surface area contributed by atoms with E-state index in [4.69, 9.17) is 4.42 Å². The molecule has 0 bridgehead atoms. The van der Waals surface area contributed by atoms with E-state index in [1.54, 1.807) is 18.4 Å². The van der Waals surface area contributed by atoms with Crippen molar-refractivity contribution in [3.05, 3.63) is 24.2 Å². The van der Waals surface area contributed by atoms with Crippen molar-refractivity contribution in [1.82, 2.24) is 10.2 Å². The van der Waals surface area contributed by atoms with Gasteiger partial charge in [-0.1, -0.05) is 0 Å². The summed E-state index contributed by atoms with van der Waals surface area (Å²) in [6, 6.07) is 3.42. The largest absolute Gasteiger partial charge is 0.468 e. The predicted octanol–water partition coefficient (Wildman–Crippen LogP) is 2.42. The molecule has 2 rings (SSSR count). The van der Waals surface area contributed by atoms with Gasteiger partial charge in [0.1, 0.15) is 5.76 Å². The molecular weight excluding hydrogens is 245 g/mol. The first-order valence-corrected chi connectivity index (χ1v) is 6.03. The Morgan fingerprint density at radius 3 is 2.89 bits per heavy atom. The van der Waals surface area contributed by atoms with E-state index in [-0.39, 0.29) is 19.1 Å². The summed E-state index contributed by atoms with van der Waals surface area (Å²) in [6.07, 6.45) is -2.61. The van der Waals surface area contributed by atoms with E-state index in [1.807, 2.05) is 11.8 Å². The highest BCUT2D eigenvalue weighted by molar-refractivity contribution is 5.04. The van der Waals surface area contributed by atoms with Crippen molar-refractivity contribution in [3.63, 3.8) is 0 Å². The molecule has 2 atom stereocenters. The molecule has 0 amide bonds. The number of hydrogen-bond acceptors (Lipinski definition) is 3. The maximum absolute atomic E-state index is 12.8. The Bertz CT molecular complexity index is 364. The highest BCUT2D eigenvalue weighted by Gasteiger charge is 2.41. The van der Waals surface area contributed by atoms with Crippen molar-refractivity contribution in [2.24, 2.45) is 5.92 Å². The smallest absolute Gasteiger partial charge is 0.394 e. The Morgan fingerprint density at radius 1 is 1.50 bits per heavy atom. The fraction of sp³-hybridized carbons (Fsp3) is 0.667. The Balaban J connectivity index is 2.07. The highest BCUT2D eigenvalue weighted by atomic mass is 19.4. The van der Waals surface area contributed by atoms with Crippen LogP contribution >= 0.6 is 0 Å². The van der Waals surface area contributed by atoms with Crippen LogP contribution in [0.4, 0.5) is 13.2 Å². The quantitative estimate of drug-likeness (QED) is 0.887. The molecule has 1 aromatic heterocycles. The lowest BCUT2D eigenvalue weighted by atomic mass is 10.1. The summed E-state index contributed by atoms with van der Waals surface area (Å²) in [5, 5.41) is 2.84. The van der Waals surface area contributed by atoms with Crippen molar-refractivity contribution in [2.45, 2.75) is 19.1 Å². The fourth-order valence-corrected chi connectivity index (χ4v) is 2.22. The topological polar surface area (TPSA) is 28.4 Å². The number of nitrogens with one attached hydrogen (secondary N) is 1. The number of furan rings is 1. The van der Waals surface area contributed by atoms with Gasteiger partial charge in [0.2, 0.25) is 0 Å². The van der Waals surface area contributed by atoms with E-state index in [1.165, 1.54) is 0 Å². The lowest BCUT2D eigenvalue weighted by molar-refractivity contribution is -0.177. The Kier molecular flexibility index (Phi) is 3.97. The summed E-state index contributed by atoms with van der Waals surface area (Å²) in [6.45, 7) is 3.03. The molecule has 3 nitrogen and oxygen atoms in total. The zero-order valence-corrected chi connectivity index (χ0v) is 10.2. The number of hydrogen-bond donors (Lipinski definition) is 1. The van der Waals surface area contributed by atoms with Gasteiger partial charge >= 0.3 is 6.18 Å². The second-order valence-electron chi connectivity index (χ2n) is 4.63. The minimum absolute atomic E-state index is 0.00905. The van der Waals surface area contributed by atoms with Crippen molar-refractivity contribution in [3.8, 4) is 0 Å². The minimum Gasteiger partial charge on any atom is -0.468 e. The van der Waals surface area contributed by atoms with Gasteiger partial charge in [-0.2, -0.15) is 13.2 Å². The molecule has 0 saturated carbocycles. The Labute approximate surface area is 104 Å². The highest BCUT2D eigenvalue weighted by Crippen LogP contribution is 2.30. The van der Waals surface area contributed by atoms with Gasteiger partial charge in [-0.15, -0.1) is 0 Å². The standard InChI is InChI=1S/C12H17F3N2O/c1-9(11-3-2-6-18-11)17-5-4-16-7-10(8-17)12(13,14)15/h2-3,6,9-10,16H,4-5,7-8H2,1H3. The molecule has 0 aliphatic carbocycles. The number of rotatable bonds is 2. The summed E-state index contributed by atoms with van der Waals surface area (Å²) in [7, 11) is 0. The third-order valence-corrected chi connectivity index (χ3v) is 3.39. The fourth-order valence-electron chi connectivity index (χ4n) is 2.22. The van der Waals surface area contributed by atoms with Crippen LogP contribution in [0.15, 0.2) is 22.8 Å².